The van der Waals surface area contributed by atoms with Crippen molar-refractivity contribution in [3.63, 3.8) is 0 Å². The molecule has 0 aromatic heterocycles. The number of sulfonamides is 1. The van der Waals surface area contributed by atoms with E-state index in [2.05, 4.69) is 4.72 Å². The van der Waals surface area contributed by atoms with Crippen LogP contribution >= 0.6 is 0 Å². The van der Waals surface area contributed by atoms with Gasteiger partial charge in [-0.05, 0) is 24.1 Å². The van der Waals surface area contributed by atoms with Crippen LogP contribution in [0.25, 0.3) is 0 Å². The molecule has 0 spiro atoms. The van der Waals surface area contributed by atoms with Crippen LogP contribution in [-0.2, 0) is 14.8 Å². The number of hydrogen-bond acceptors (Lipinski definition) is 3. The Hall–Kier alpha value is -1.54. The standard InChI is InChI=1S/C12H15F2NO4S/c1-7(2)9(12(16)17)6-15-20(18,19)8-3-4-10(13)11(14)5-8/h3-5,7,9,15H,6H2,1-2H3,(H,16,17). The normalized spacial score (nSPS) is 13.4. The molecule has 0 aliphatic rings. The van der Waals surface area contributed by atoms with Crippen LogP contribution in [0.15, 0.2) is 23.1 Å². The minimum absolute atomic E-state index is 0.278. The van der Waals surface area contributed by atoms with E-state index in [-0.39, 0.29) is 12.5 Å². The number of carboxylic acid groups (broad SMARTS) is 1. The number of carboxylic acids is 1. The maximum atomic E-state index is 13.0. The van der Waals surface area contributed by atoms with Gasteiger partial charge in [0, 0.05) is 6.54 Å². The highest BCUT2D eigenvalue weighted by Gasteiger charge is 2.24. The van der Waals surface area contributed by atoms with E-state index in [0.29, 0.717) is 12.1 Å². The van der Waals surface area contributed by atoms with Crippen LogP contribution in [-0.4, -0.2) is 26.0 Å². The Morgan fingerprint density at radius 3 is 2.35 bits per heavy atom. The van der Waals surface area contributed by atoms with Crippen molar-refractivity contribution < 1.29 is 27.1 Å². The Kier molecular flexibility index (Phi) is 5.18. The van der Waals surface area contributed by atoms with E-state index in [4.69, 9.17) is 5.11 Å². The summed E-state index contributed by atoms with van der Waals surface area (Å²) >= 11 is 0. The highest BCUT2D eigenvalue weighted by Crippen LogP contribution is 2.15. The second-order valence-corrected chi connectivity index (χ2v) is 6.38. The van der Waals surface area contributed by atoms with Crippen molar-refractivity contribution in [3.8, 4) is 0 Å². The minimum atomic E-state index is -4.08. The van der Waals surface area contributed by atoms with E-state index in [1.165, 1.54) is 0 Å². The van der Waals surface area contributed by atoms with Crippen molar-refractivity contribution in [2.45, 2.75) is 18.7 Å². The molecule has 1 aromatic carbocycles. The summed E-state index contributed by atoms with van der Waals surface area (Å²) in [6, 6.07) is 2.15. The summed E-state index contributed by atoms with van der Waals surface area (Å²) in [5.74, 6) is -4.76. The zero-order valence-electron chi connectivity index (χ0n) is 10.9. The fourth-order valence-corrected chi connectivity index (χ4v) is 2.61. The minimum Gasteiger partial charge on any atom is -0.481 e. The molecule has 0 amide bonds. The molecule has 0 radical (unpaired) electrons. The van der Waals surface area contributed by atoms with Gasteiger partial charge in [-0.3, -0.25) is 4.79 Å². The Labute approximate surface area is 115 Å². The van der Waals surface area contributed by atoms with Gasteiger partial charge in [0.05, 0.1) is 10.8 Å². The van der Waals surface area contributed by atoms with E-state index in [1.807, 2.05) is 0 Å². The first kappa shape index (κ1) is 16.5. The average molecular weight is 307 g/mol. The quantitative estimate of drug-likeness (QED) is 0.836. The summed E-state index contributed by atoms with van der Waals surface area (Å²) in [6.07, 6.45) is 0. The lowest BCUT2D eigenvalue weighted by Gasteiger charge is -2.16. The summed E-state index contributed by atoms with van der Waals surface area (Å²) < 4.78 is 51.5. The molecule has 0 saturated heterocycles. The van der Waals surface area contributed by atoms with Crippen molar-refractivity contribution in [2.75, 3.05) is 6.54 Å². The van der Waals surface area contributed by atoms with Gasteiger partial charge in [-0.15, -0.1) is 0 Å². The average Bonchev–Trinajstić information content (AvgIpc) is 2.31. The number of carbonyl (C=O) groups is 1. The fraction of sp³-hybridized carbons (Fsp3) is 0.417. The topological polar surface area (TPSA) is 83.5 Å². The van der Waals surface area contributed by atoms with Gasteiger partial charge in [0.2, 0.25) is 10.0 Å². The number of benzene rings is 1. The van der Waals surface area contributed by atoms with E-state index in [0.717, 1.165) is 6.07 Å². The summed E-state index contributed by atoms with van der Waals surface area (Å²) in [7, 11) is -4.08. The van der Waals surface area contributed by atoms with Gasteiger partial charge in [-0.2, -0.15) is 0 Å². The van der Waals surface area contributed by atoms with Gasteiger partial charge in [-0.1, -0.05) is 13.8 Å². The Morgan fingerprint density at radius 2 is 1.90 bits per heavy atom. The van der Waals surface area contributed by atoms with Crippen molar-refractivity contribution in [2.24, 2.45) is 11.8 Å². The lowest BCUT2D eigenvalue weighted by Crippen LogP contribution is -2.35. The van der Waals surface area contributed by atoms with Gasteiger partial charge >= 0.3 is 5.97 Å². The smallest absolute Gasteiger partial charge is 0.308 e. The van der Waals surface area contributed by atoms with Gasteiger partial charge in [-0.25, -0.2) is 21.9 Å². The lowest BCUT2D eigenvalue weighted by atomic mass is 9.97. The molecule has 2 N–H and O–H groups in total. The Bertz CT molecular complexity index is 601. The van der Waals surface area contributed by atoms with Crippen molar-refractivity contribution in [1.82, 2.24) is 4.72 Å². The molecule has 0 aliphatic carbocycles. The molecular formula is C12H15F2NO4S. The summed E-state index contributed by atoms with van der Waals surface area (Å²) in [4.78, 5) is 10.5. The third-order valence-corrected chi connectivity index (χ3v) is 4.24. The SMILES string of the molecule is CC(C)C(CNS(=O)(=O)c1ccc(F)c(F)c1)C(=O)O. The van der Waals surface area contributed by atoms with Crippen LogP contribution in [0.4, 0.5) is 8.78 Å². The number of nitrogens with one attached hydrogen (secondary N) is 1. The van der Waals surface area contributed by atoms with Gasteiger partial charge in [0.1, 0.15) is 0 Å². The molecule has 5 nitrogen and oxygen atoms in total. The molecule has 0 fully saturated rings. The molecular weight excluding hydrogens is 292 g/mol. The van der Waals surface area contributed by atoms with Crippen LogP contribution in [0.1, 0.15) is 13.8 Å². The number of rotatable bonds is 6. The van der Waals surface area contributed by atoms with Crippen LogP contribution < -0.4 is 4.72 Å². The Balaban J connectivity index is 2.89. The van der Waals surface area contributed by atoms with E-state index >= 15 is 0 Å². The first-order valence-corrected chi connectivity index (χ1v) is 7.31. The zero-order valence-corrected chi connectivity index (χ0v) is 11.7. The number of hydrogen-bond donors (Lipinski definition) is 2. The molecule has 1 unspecified atom stereocenters. The molecule has 0 aliphatic heterocycles. The van der Waals surface area contributed by atoms with E-state index < -0.39 is 38.4 Å². The molecule has 0 saturated carbocycles. The molecule has 0 bridgehead atoms. The second-order valence-electron chi connectivity index (χ2n) is 4.62. The molecule has 0 heterocycles. The van der Waals surface area contributed by atoms with Crippen molar-refractivity contribution >= 4 is 16.0 Å². The molecule has 112 valence electrons. The summed E-state index contributed by atoms with van der Waals surface area (Å²) in [6.45, 7) is 2.96. The van der Waals surface area contributed by atoms with E-state index in [9.17, 15) is 22.0 Å². The summed E-state index contributed by atoms with van der Waals surface area (Å²) in [5, 5.41) is 8.95. The first-order chi connectivity index (χ1) is 9.15. The van der Waals surface area contributed by atoms with Crippen LogP contribution in [0.3, 0.4) is 0 Å². The maximum Gasteiger partial charge on any atom is 0.308 e. The highest BCUT2D eigenvalue weighted by molar-refractivity contribution is 7.89. The molecule has 20 heavy (non-hydrogen) atoms. The Morgan fingerprint density at radius 1 is 1.30 bits per heavy atom. The monoisotopic (exact) mass is 307 g/mol. The van der Waals surface area contributed by atoms with Gasteiger partial charge in [0.15, 0.2) is 11.6 Å². The fourth-order valence-electron chi connectivity index (χ4n) is 1.53. The summed E-state index contributed by atoms with van der Waals surface area (Å²) in [5.41, 5.74) is 0. The van der Waals surface area contributed by atoms with Crippen LogP contribution in [0.2, 0.25) is 0 Å². The predicted octanol–water partition coefficient (Wildman–Crippen LogP) is 1.60. The lowest BCUT2D eigenvalue weighted by molar-refractivity contribution is -0.142. The third-order valence-electron chi connectivity index (χ3n) is 2.82. The molecule has 1 aromatic rings. The highest BCUT2D eigenvalue weighted by atomic mass is 32.2. The van der Waals surface area contributed by atoms with Gasteiger partial charge < -0.3 is 5.11 Å². The largest absolute Gasteiger partial charge is 0.481 e. The molecule has 1 rings (SSSR count). The molecule has 8 heteroatoms. The number of halogens is 2. The number of aliphatic carboxylic acids is 1. The van der Waals surface area contributed by atoms with E-state index in [1.54, 1.807) is 13.8 Å². The van der Waals surface area contributed by atoms with Crippen LogP contribution in [0, 0.1) is 23.5 Å². The first-order valence-electron chi connectivity index (χ1n) is 5.82. The van der Waals surface area contributed by atoms with Crippen LogP contribution in [0.5, 0.6) is 0 Å². The molecule has 1 atom stereocenters. The van der Waals surface area contributed by atoms with Crippen molar-refractivity contribution in [1.29, 1.82) is 0 Å². The van der Waals surface area contributed by atoms with Crippen molar-refractivity contribution in [3.05, 3.63) is 29.8 Å². The maximum absolute atomic E-state index is 13.0. The third kappa shape index (κ3) is 3.97. The zero-order chi connectivity index (χ0) is 15.5. The second kappa shape index (κ2) is 6.27. The predicted molar refractivity (Wildman–Crippen MR) is 67.5 cm³/mol. The van der Waals surface area contributed by atoms with Gasteiger partial charge in [0.25, 0.3) is 0 Å².